The lowest BCUT2D eigenvalue weighted by Gasteiger charge is -2.30. The van der Waals surface area contributed by atoms with Crippen molar-refractivity contribution in [3.63, 3.8) is 0 Å². The zero-order valence-electron chi connectivity index (χ0n) is 21.6. The number of rotatable bonds is 12. The highest BCUT2D eigenvalue weighted by atomic mass is 79.9. The number of nitrogens with one attached hydrogen (secondary N) is 1. The van der Waals surface area contributed by atoms with E-state index < -0.39 is 16.1 Å². The van der Waals surface area contributed by atoms with Gasteiger partial charge in [-0.3, -0.25) is 13.9 Å². The second-order valence-corrected chi connectivity index (χ2v) is 11.9. The SMILES string of the molecule is CC[C@@H](C)NC(=O)[C@@H](C)N(Cc1cccc(Br)c1)C(=O)CCCN(c1ccc2c(c1)OCO2)S(C)(=O)=O. The molecule has 1 aliphatic rings. The fourth-order valence-corrected chi connectivity index (χ4v) is 5.33. The molecule has 0 spiro atoms. The van der Waals surface area contributed by atoms with Crippen LogP contribution in [-0.4, -0.2) is 56.8 Å². The number of halogens is 1. The van der Waals surface area contributed by atoms with E-state index in [4.69, 9.17) is 9.47 Å². The van der Waals surface area contributed by atoms with Crippen molar-refractivity contribution in [2.45, 2.75) is 58.7 Å². The smallest absolute Gasteiger partial charge is 0.242 e. The van der Waals surface area contributed by atoms with Crippen molar-refractivity contribution in [3.8, 4) is 11.5 Å². The lowest BCUT2D eigenvalue weighted by atomic mass is 10.1. The number of hydrogen-bond acceptors (Lipinski definition) is 6. The van der Waals surface area contributed by atoms with Gasteiger partial charge in [0.1, 0.15) is 6.04 Å². The summed E-state index contributed by atoms with van der Waals surface area (Å²) in [5.74, 6) is 0.575. The summed E-state index contributed by atoms with van der Waals surface area (Å²) in [6.45, 7) is 6.05. The monoisotopic (exact) mass is 595 g/mol. The van der Waals surface area contributed by atoms with Gasteiger partial charge in [-0.05, 0) is 56.5 Å². The number of benzene rings is 2. The Labute approximate surface area is 227 Å². The van der Waals surface area contributed by atoms with Crippen LogP contribution in [0.3, 0.4) is 0 Å². The number of hydrogen-bond donors (Lipinski definition) is 1. The molecule has 11 heteroatoms. The third kappa shape index (κ3) is 7.85. The van der Waals surface area contributed by atoms with E-state index in [1.165, 1.54) is 4.31 Å². The molecule has 2 amide bonds. The van der Waals surface area contributed by atoms with Crippen LogP contribution >= 0.6 is 15.9 Å². The second kappa shape index (κ2) is 12.6. The number of amides is 2. The molecule has 0 bridgehead atoms. The van der Waals surface area contributed by atoms with E-state index in [9.17, 15) is 18.0 Å². The number of anilines is 1. The Kier molecular flexibility index (Phi) is 9.83. The predicted molar refractivity (Wildman–Crippen MR) is 146 cm³/mol. The Morgan fingerprint density at radius 2 is 1.84 bits per heavy atom. The highest BCUT2D eigenvalue weighted by Crippen LogP contribution is 2.36. The first-order valence-electron chi connectivity index (χ1n) is 12.2. The fourth-order valence-electron chi connectivity index (χ4n) is 3.92. The van der Waals surface area contributed by atoms with E-state index in [0.717, 1.165) is 22.7 Å². The van der Waals surface area contributed by atoms with Gasteiger partial charge < -0.3 is 19.7 Å². The summed E-state index contributed by atoms with van der Waals surface area (Å²) in [6.07, 6.45) is 2.25. The van der Waals surface area contributed by atoms with Gasteiger partial charge in [0, 0.05) is 36.1 Å². The summed E-state index contributed by atoms with van der Waals surface area (Å²) in [5.41, 5.74) is 1.32. The van der Waals surface area contributed by atoms with Crippen molar-refractivity contribution in [1.82, 2.24) is 10.2 Å². The number of sulfonamides is 1. The van der Waals surface area contributed by atoms with Crippen molar-refractivity contribution in [3.05, 3.63) is 52.5 Å². The average Bonchev–Trinajstić information content (AvgIpc) is 3.31. The minimum atomic E-state index is -3.61. The molecule has 0 aromatic heterocycles. The van der Waals surface area contributed by atoms with Crippen LogP contribution in [0.1, 0.15) is 45.6 Å². The molecule has 1 heterocycles. The second-order valence-electron chi connectivity index (χ2n) is 9.12. The van der Waals surface area contributed by atoms with Crippen LogP contribution < -0.4 is 19.1 Å². The largest absolute Gasteiger partial charge is 0.454 e. The molecule has 2 aromatic carbocycles. The summed E-state index contributed by atoms with van der Waals surface area (Å²) in [5, 5.41) is 2.95. The molecule has 0 saturated heterocycles. The van der Waals surface area contributed by atoms with Crippen LogP contribution in [0.15, 0.2) is 46.9 Å². The van der Waals surface area contributed by atoms with Gasteiger partial charge in [-0.25, -0.2) is 8.42 Å². The molecule has 0 unspecified atom stereocenters. The lowest BCUT2D eigenvalue weighted by molar-refractivity contribution is -0.140. The first-order valence-corrected chi connectivity index (χ1v) is 14.9. The van der Waals surface area contributed by atoms with Gasteiger partial charge in [0.15, 0.2) is 11.5 Å². The third-order valence-corrected chi connectivity index (χ3v) is 7.89. The van der Waals surface area contributed by atoms with Crippen LogP contribution in [0.25, 0.3) is 0 Å². The Bertz CT molecular complexity index is 1220. The van der Waals surface area contributed by atoms with Crippen LogP contribution in [0.4, 0.5) is 5.69 Å². The third-order valence-electron chi connectivity index (χ3n) is 6.21. The topological polar surface area (TPSA) is 105 Å². The Balaban J connectivity index is 1.73. The zero-order valence-corrected chi connectivity index (χ0v) is 24.0. The van der Waals surface area contributed by atoms with Crippen molar-refractivity contribution < 1.29 is 27.5 Å². The van der Waals surface area contributed by atoms with Crippen LogP contribution in [0.2, 0.25) is 0 Å². The summed E-state index contributed by atoms with van der Waals surface area (Å²) in [7, 11) is -3.61. The summed E-state index contributed by atoms with van der Waals surface area (Å²) < 4.78 is 37.9. The van der Waals surface area contributed by atoms with Crippen molar-refractivity contribution in [1.29, 1.82) is 0 Å². The molecule has 9 nitrogen and oxygen atoms in total. The first kappa shape index (κ1) is 28.8. The first-order chi connectivity index (χ1) is 17.5. The predicted octanol–water partition coefficient (Wildman–Crippen LogP) is 4.06. The Morgan fingerprint density at radius 1 is 1.11 bits per heavy atom. The maximum Gasteiger partial charge on any atom is 0.242 e. The van der Waals surface area contributed by atoms with Gasteiger partial charge in [-0.15, -0.1) is 0 Å². The average molecular weight is 597 g/mol. The summed E-state index contributed by atoms with van der Waals surface area (Å²) in [6, 6.07) is 11.8. The molecule has 0 radical (unpaired) electrons. The van der Waals surface area contributed by atoms with Crippen LogP contribution in [0.5, 0.6) is 11.5 Å². The Morgan fingerprint density at radius 3 is 2.51 bits per heavy atom. The minimum Gasteiger partial charge on any atom is -0.454 e. The molecule has 3 rings (SSSR count). The lowest BCUT2D eigenvalue weighted by Crippen LogP contribution is -2.49. The van der Waals surface area contributed by atoms with E-state index in [1.807, 2.05) is 38.1 Å². The van der Waals surface area contributed by atoms with Gasteiger partial charge in [0.2, 0.25) is 28.6 Å². The molecule has 2 atom stereocenters. The van der Waals surface area contributed by atoms with E-state index in [-0.39, 0.29) is 50.6 Å². The van der Waals surface area contributed by atoms with Gasteiger partial charge in [-0.1, -0.05) is 35.0 Å². The van der Waals surface area contributed by atoms with E-state index >= 15 is 0 Å². The standard InChI is InChI=1S/C26H34BrN3O6S/c1-5-18(2)28-26(32)19(3)29(16-20-8-6-9-21(27)14-20)25(31)10-7-13-30(37(4,33)34)22-11-12-23-24(15-22)36-17-35-23/h6,8-9,11-12,14-15,18-19H,5,7,10,13,16-17H2,1-4H3,(H,28,32)/t18-,19-/m1/s1. The van der Waals surface area contributed by atoms with E-state index in [1.54, 1.807) is 30.0 Å². The fraction of sp³-hybridized carbons (Fsp3) is 0.462. The molecule has 1 aliphatic heterocycles. The highest BCUT2D eigenvalue weighted by Gasteiger charge is 2.27. The molecule has 37 heavy (non-hydrogen) atoms. The molecule has 0 aliphatic carbocycles. The van der Waals surface area contributed by atoms with Crippen molar-refractivity contribution >= 4 is 43.5 Å². The van der Waals surface area contributed by atoms with E-state index in [2.05, 4.69) is 21.2 Å². The normalized spacial score (nSPS) is 14.1. The number of nitrogens with zero attached hydrogens (tertiary/aromatic N) is 2. The quantitative estimate of drug-likeness (QED) is 0.397. The maximum atomic E-state index is 13.4. The Hall–Kier alpha value is -2.79. The molecular weight excluding hydrogens is 562 g/mol. The number of ether oxygens (including phenoxy) is 2. The number of carbonyl (C=O) groups is 2. The zero-order chi connectivity index (χ0) is 27.2. The maximum absolute atomic E-state index is 13.4. The molecular formula is C26H34BrN3O6S. The van der Waals surface area contributed by atoms with Crippen molar-refractivity contribution in [2.75, 3.05) is 23.9 Å². The van der Waals surface area contributed by atoms with Gasteiger partial charge in [-0.2, -0.15) is 0 Å². The van der Waals surface area contributed by atoms with Gasteiger partial charge >= 0.3 is 0 Å². The number of carbonyl (C=O) groups excluding carboxylic acids is 2. The highest BCUT2D eigenvalue weighted by molar-refractivity contribution is 9.10. The number of fused-ring (bicyclic) bond motifs is 1. The molecule has 2 aromatic rings. The summed E-state index contributed by atoms with van der Waals surface area (Å²) in [4.78, 5) is 27.8. The molecule has 202 valence electrons. The molecule has 0 fully saturated rings. The van der Waals surface area contributed by atoms with Gasteiger partial charge in [0.25, 0.3) is 0 Å². The van der Waals surface area contributed by atoms with Crippen molar-refractivity contribution in [2.24, 2.45) is 0 Å². The van der Waals surface area contributed by atoms with Crippen LogP contribution in [-0.2, 0) is 26.2 Å². The minimum absolute atomic E-state index is 0.0113. The molecule has 0 saturated carbocycles. The van der Waals surface area contributed by atoms with E-state index in [0.29, 0.717) is 17.2 Å². The molecule has 1 N–H and O–H groups in total. The summed E-state index contributed by atoms with van der Waals surface area (Å²) >= 11 is 3.45. The van der Waals surface area contributed by atoms with Gasteiger partial charge in [0.05, 0.1) is 11.9 Å². The van der Waals surface area contributed by atoms with Crippen LogP contribution in [0, 0.1) is 0 Å².